The molecular formula is C33H38N2O5. The number of fused-ring (bicyclic) bond motifs is 1. The Balaban J connectivity index is 1.53. The van der Waals surface area contributed by atoms with Crippen LogP contribution in [0.4, 0.5) is 0 Å². The van der Waals surface area contributed by atoms with Crippen molar-refractivity contribution in [3.05, 3.63) is 94.7 Å². The maximum Gasteiger partial charge on any atom is 0.346 e. The molecule has 0 aliphatic carbocycles. The van der Waals surface area contributed by atoms with Gasteiger partial charge in [-0.15, -0.1) is 0 Å². The van der Waals surface area contributed by atoms with E-state index in [1.807, 2.05) is 87.5 Å². The number of carbonyl (C=O) groups is 2. The van der Waals surface area contributed by atoms with Gasteiger partial charge in [-0.1, -0.05) is 24.3 Å². The second-order valence-electron chi connectivity index (χ2n) is 10.4. The highest BCUT2D eigenvalue weighted by molar-refractivity contribution is 5.99. The maximum absolute atomic E-state index is 13.2. The average molecular weight is 543 g/mol. The Morgan fingerprint density at radius 2 is 1.57 bits per heavy atom. The van der Waals surface area contributed by atoms with Gasteiger partial charge in [-0.2, -0.15) is 0 Å². The first-order valence-corrected chi connectivity index (χ1v) is 13.6. The number of hydrogen-bond acceptors (Lipinski definition) is 5. The average Bonchev–Trinajstić information content (AvgIpc) is 3.16. The van der Waals surface area contributed by atoms with Crippen molar-refractivity contribution >= 4 is 22.8 Å². The van der Waals surface area contributed by atoms with Crippen molar-refractivity contribution < 1.29 is 23.8 Å². The van der Waals surface area contributed by atoms with Crippen LogP contribution in [0.25, 0.3) is 10.9 Å². The Morgan fingerprint density at radius 3 is 2.27 bits per heavy atom. The van der Waals surface area contributed by atoms with Crippen molar-refractivity contribution in [1.82, 2.24) is 9.88 Å². The number of rotatable bonds is 10. The number of nitrogens with one attached hydrogen (secondary N) is 1. The summed E-state index contributed by atoms with van der Waals surface area (Å²) in [5.74, 6) is 0.850. The number of benzene rings is 3. The third kappa shape index (κ3) is 6.47. The number of nitrogens with zero attached hydrogens (tertiary/aromatic N) is 1. The highest BCUT2D eigenvalue weighted by Crippen LogP contribution is 2.28. The van der Waals surface area contributed by atoms with Gasteiger partial charge in [0.15, 0.2) is 6.10 Å². The van der Waals surface area contributed by atoms with Crippen LogP contribution in [0.3, 0.4) is 0 Å². The number of hydrogen-bond donors (Lipinski definition) is 1. The first-order valence-electron chi connectivity index (χ1n) is 13.6. The van der Waals surface area contributed by atoms with Gasteiger partial charge in [0.1, 0.15) is 11.5 Å². The van der Waals surface area contributed by atoms with Crippen molar-refractivity contribution in [2.45, 2.75) is 66.3 Å². The van der Waals surface area contributed by atoms with Gasteiger partial charge >= 0.3 is 5.97 Å². The summed E-state index contributed by atoms with van der Waals surface area (Å²) in [5.41, 5.74) is 5.93. The summed E-state index contributed by atoms with van der Waals surface area (Å²) in [4.78, 5) is 25.0. The standard InChI is InChI=1S/C33H38N2O5/c1-20(2)39-29-13-9-11-26(17-29)22(4)34-32(36)27-14-15-31-30(18-27)21(3)23(5)35(31)19-25-10-8-12-28(16-25)40-24(6)33(37)38-7/h8-18,20,22,24H,19H2,1-7H3,(H,34,36)/t22-,24-/m0/s1. The van der Waals surface area contributed by atoms with Crippen molar-refractivity contribution in [3.8, 4) is 11.5 Å². The molecule has 1 heterocycles. The van der Waals surface area contributed by atoms with Gasteiger partial charge in [0.25, 0.3) is 5.91 Å². The van der Waals surface area contributed by atoms with E-state index in [-0.39, 0.29) is 18.1 Å². The number of carbonyl (C=O) groups excluding carboxylic acids is 2. The van der Waals surface area contributed by atoms with Gasteiger partial charge in [-0.05, 0) is 101 Å². The number of amides is 1. The van der Waals surface area contributed by atoms with E-state index >= 15 is 0 Å². The first kappa shape index (κ1) is 28.7. The van der Waals surface area contributed by atoms with Gasteiger partial charge in [0.2, 0.25) is 0 Å². The van der Waals surface area contributed by atoms with Gasteiger partial charge in [0.05, 0.1) is 19.3 Å². The largest absolute Gasteiger partial charge is 0.491 e. The number of aryl methyl sites for hydroxylation is 1. The third-order valence-electron chi connectivity index (χ3n) is 7.06. The van der Waals surface area contributed by atoms with Gasteiger partial charge in [-0.25, -0.2) is 4.79 Å². The lowest BCUT2D eigenvalue weighted by atomic mass is 10.1. The van der Waals surface area contributed by atoms with Crippen molar-refractivity contribution in [2.24, 2.45) is 0 Å². The predicted molar refractivity (Wildman–Crippen MR) is 157 cm³/mol. The van der Waals surface area contributed by atoms with Crippen LogP contribution >= 0.6 is 0 Å². The molecule has 0 unspecified atom stereocenters. The quantitative estimate of drug-likeness (QED) is 0.231. The van der Waals surface area contributed by atoms with Crippen molar-refractivity contribution in [1.29, 1.82) is 0 Å². The molecule has 1 amide bonds. The van der Waals surface area contributed by atoms with E-state index in [4.69, 9.17) is 14.2 Å². The van der Waals surface area contributed by atoms with Crippen LogP contribution in [-0.2, 0) is 16.1 Å². The van der Waals surface area contributed by atoms with E-state index < -0.39 is 12.1 Å². The van der Waals surface area contributed by atoms with E-state index in [1.165, 1.54) is 7.11 Å². The van der Waals surface area contributed by atoms with E-state index in [1.54, 1.807) is 6.92 Å². The summed E-state index contributed by atoms with van der Waals surface area (Å²) in [5, 5.41) is 4.16. The molecule has 0 aliphatic heterocycles. The molecule has 210 valence electrons. The lowest BCUT2D eigenvalue weighted by molar-refractivity contribution is -0.147. The molecule has 0 saturated carbocycles. The molecule has 0 radical (unpaired) electrons. The molecule has 0 fully saturated rings. The third-order valence-corrected chi connectivity index (χ3v) is 7.06. The Bertz CT molecular complexity index is 1520. The molecule has 7 nitrogen and oxygen atoms in total. The van der Waals surface area contributed by atoms with E-state index in [0.717, 1.165) is 39.0 Å². The molecule has 1 N–H and O–H groups in total. The summed E-state index contributed by atoms with van der Waals surface area (Å²) in [7, 11) is 1.35. The number of methoxy groups -OCH3 is 1. The summed E-state index contributed by atoms with van der Waals surface area (Å²) >= 11 is 0. The second kappa shape index (κ2) is 12.3. The normalized spacial score (nSPS) is 12.7. The molecule has 1 aromatic heterocycles. The van der Waals surface area contributed by atoms with E-state index in [9.17, 15) is 9.59 Å². The Morgan fingerprint density at radius 1 is 0.875 bits per heavy atom. The molecule has 0 saturated heterocycles. The minimum absolute atomic E-state index is 0.0819. The molecule has 7 heteroatoms. The molecule has 4 aromatic rings. The highest BCUT2D eigenvalue weighted by Gasteiger charge is 2.18. The summed E-state index contributed by atoms with van der Waals surface area (Å²) < 4.78 is 18.6. The van der Waals surface area contributed by atoms with Crippen LogP contribution in [0.15, 0.2) is 66.7 Å². The molecule has 0 bridgehead atoms. The smallest absolute Gasteiger partial charge is 0.346 e. The van der Waals surface area contributed by atoms with E-state index in [0.29, 0.717) is 17.9 Å². The molecular weight excluding hydrogens is 504 g/mol. The summed E-state index contributed by atoms with van der Waals surface area (Å²) in [6, 6.07) is 21.2. The topological polar surface area (TPSA) is 78.8 Å². The van der Waals surface area contributed by atoms with E-state index in [2.05, 4.69) is 23.7 Å². The molecule has 4 rings (SSSR count). The molecule has 40 heavy (non-hydrogen) atoms. The van der Waals surface area contributed by atoms with Crippen molar-refractivity contribution in [3.63, 3.8) is 0 Å². The zero-order valence-electron chi connectivity index (χ0n) is 24.3. The molecule has 0 spiro atoms. The van der Waals surface area contributed by atoms with Crippen LogP contribution in [0, 0.1) is 13.8 Å². The van der Waals surface area contributed by atoms with Crippen LogP contribution < -0.4 is 14.8 Å². The van der Waals surface area contributed by atoms with Gasteiger partial charge in [-0.3, -0.25) is 4.79 Å². The lowest BCUT2D eigenvalue weighted by Crippen LogP contribution is -2.26. The lowest BCUT2D eigenvalue weighted by Gasteiger charge is -2.17. The van der Waals surface area contributed by atoms with Crippen LogP contribution in [0.2, 0.25) is 0 Å². The van der Waals surface area contributed by atoms with Crippen LogP contribution in [0.1, 0.15) is 66.5 Å². The Kier molecular flexibility index (Phi) is 8.83. The minimum Gasteiger partial charge on any atom is -0.491 e. The molecule has 0 aliphatic rings. The fourth-order valence-corrected chi connectivity index (χ4v) is 4.81. The number of esters is 1. The number of aromatic nitrogens is 1. The zero-order chi connectivity index (χ0) is 29.0. The second-order valence-corrected chi connectivity index (χ2v) is 10.4. The minimum atomic E-state index is -0.693. The monoisotopic (exact) mass is 542 g/mol. The Labute approximate surface area is 236 Å². The SMILES string of the molecule is COC(=O)[C@H](C)Oc1cccc(Cn2c(C)c(C)c3cc(C(=O)N[C@@H](C)c4cccc(OC(C)C)c4)ccc32)c1. The first-order chi connectivity index (χ1) is 19.1. The predicted octanol–water partition coefficient (Wildman–Crippen LogP) is 6.52. The fraction of sp³-hybridized carbons (Fsp3) is 0.333. The summed E-state index contributed by atoms with van der Waals surface area (Å²) in [6.07, 6.45) is -0.611. The molecule has 2 atom stereocenters. The molecule has 3 aromatic carbocycles. The van der Waals surface area contributed by atoms with Crippen LogP contribution in [0.5, 0.6) is 11.5 Å². The van der Waals surface area contributed by atoms with Gasteiger partial charge < -0.3 is 24.1 Å². The Hall–Kier alpha value is -4.26. The zero-order valence-corrected chi connectivity index (χ0v) is 24.3. The fourth-order valence-electron chi connectivity index (χ4n) is 4.81. The highest BCUT2D eigenvalue weighted by atomic mass is 16.6. The summed E-state index contributed by atoms with van der Waals surface area (Å²) in [6.45, 7) is 12.4. The number of ether oxygens (including phenoxy) is 3. The van der Waals surface area contributed by atoms with Crippen LogP contribution in [-0.4, -0.2) is 35.8 Å². The van der Waals surface area contributed by atoms with Crippen molar-refractivity contribution in [2.75, 3.05) is 7.11 Å². The maximum atomic E-state index is 13.2. The van der Waals surface area contributed by atoms with Gasteiger partial charge in [0, 0.05) is 28.7 Å².